The van der Waals surface area contributed by atoms with Crippen LogP contribution in [0.15, 0.2) is 35.4 Å². The van der Waals surface area contributed by atoms with Gasteiger partial charge < -0.3 is 0 Å². The summed E-state index contributed by atoms with van der Waals surface area (Å²) in [4.78, 5) is 25.3. The molecule has 0 fully saturated rings. The average Bonchev–Trinajstić information content (AvgIpc) is 2.60. The van der Waals surface area contributed by atoms with Gasteiger partial charge >= 0.3 is 0 Å². The molecule has 0 atom stereocenters. The van der Waals surface area contributed by atoms with E-state index in [2.05, 4.69) is 0 Å². The molecular weight excluding hydrogens is 270 g/mol. The van der Waals surface area contributed by atoms with Gasteiger partial charge in [0.1, 0.15) is 5.03 Å². The Balaban J connectivity index is 2.32. The van der Waals surface area contributed by atoms with Crippen LogP contribution in [-0.2, 0) is 9.59 Å². The monoisotopic (exact) mass is 281 g/mol. The van der Waals surface area contributed by atoms with Gasteiger partial charge in [-0.2, -0.15) is 11.8 Å². The van der Waals surface area contributed by atoms with Crippen LogP contribution in [0.25, 0.3) is 5.57 Å². The number of imide groups is 1. The predicted molar refractivity (Wildman–Crippen MR) is 74.3 cm³/mol. The molecule has 0 bridgehead atoms. The molecule has 1 aliphatic heterocycles. The SMILES string of the molecule is CSCCN1C(=O)C(Cl)=C(c2ccccc2)C1=O. The van der Waals surface area contributed by atoms with Crippen LogP contribution in [0.4, 0.5) is 0 Å². The smallest absolute Gasteiger partial charge is 0.273 e. The number of nitrogens with zero attached hydrogens (tertiary/aromatic N) is 1. The second kappa shape index (κ2) is 5.59. The van der Waals surface area contributed by atoms with E-state index in [0.717, 1.165) is 0 Å². The van der Waals surface area contributed by atoms with E-state index in [0.29, 0.717) is 23.4 Å². The van der Waals surface area contributed by atoms with E-state index in [1.54, 1.807) is 23.9 Å². The van der Waals surface area contributed by atoms with E-state index in [4.69, 9.17) is 11.6 Å². The molecule has 94 valence electrons. The Bertz CT molecular complexity index is 513. The standard InChI is InChI=1S/C13H12ClNO2S/c1-18-8-7-15-12(16)10(11(14)13(15)17)9-5-3-2-4-6-9/h2-6H,7-8H2,1H3. The van der Waals surface area contributed by atoms with Gasteiger partial charge in [0.05, 0.1) is 5.57 Å². The summed E-state index contributed by atoms with van der Waals surface area (Å²) < 4.78 is 0. The molecule has 1 aliphatic rings. The van der Waals surface area contributed by atoms with Gasteiger partial charge in [0.25, 0.3) is 11.8 Å². The minimum atomic E-state index is -0.394. The van der Waals surface area contributed by atoms with Crippen LogP contribution in [0.2, 0.25) is 0 Å². The fraction of sp³-hybridized carbons (Fsp3) is 0.231. The van der Waals surface area contributed by atoms with E-state index in [1.165, 1.54) is 4.90 Å². The lowest BCUT2D eigenvalue weighted by Crippen LogP contribution is -2.33. The molecule has 1 aromatic rings. The second-order valence-corrected chi connectivity index (χ2v) is 5.17. The van der Waals surface area contributed by atoms with Crippen molar-refractivity contribution in [3.05, 3.63) is 40.9 Å². The van der Waals surface area contributed by atoms with Crippen molar-refractivity contribution in [1.29, 1.82) is 0 Å². The van der Waals surface area contributed by atoms with Gasteiger partial charge in [-0.1, -0.05) is 41.9 Å². The van der Waals surface area contributed by atoms with E-state index in [-0.39, 0.29) is 10.9 Å². The van der Waals surface area contributed by atoms with Crippen molar-refractivity contribution < 1.29 is 9.59 Å². The maximum Gasteiger partial charge on any atom is 0.273 e. The first-order valence-corrected chi connectivity index (χ1v) is 7.24. The third-order valence-corrected chi connectivity index (χ3v) is 3.63. The number of carbonyl (C=O) groups is 2. The van der Waals surface area contributed by atoms with Crippen molar-refractivity contribution in [1.82, 2.24) is 4.90 Å². The lowest BCUT2D eigenvalue weighted by Gasteiger charge is -2.13. The minimum Gasteiger partial charge on any atom is -0.273 e. The molecule has 0 unspecified atom stereocenters. The van der Waals surface area contributed by atoms with Gasteiger partial charge in [-0.3, -0.25) is 14.5 Å². The molecule has 1 heterocycles. The molecule has 0 saturated carbocycles. The summed E-state index contributed by atoms with van der Waals surface area (Å²) >= 11 is 7.58. The fourth-order valence-electron chi connectivity index (χ4n) is 1.79. The van der Waals surface area contributed by atoms with Crippen LogP contribution in [-0.4, -0.2) is 35.3 Å². The number of amides is 2. The van der Waals surface area contributed by atoms with E-state index >= 15 is 0 Å². The topological polar surface area (TPSA) is 37.4 Å². The van der Waals surface area contributed by atoms with Crippen molar-refractivity contribution in [2.24, 2.45) is 0 Å². The van der Waals surface area contributed by atoms with Crippen LogP contribution >= 0.6 is 23.4 Å². The molecule has 0 radical (unpaired) electrons. The lowest BCUT2D eigenvalue weighted by molar-refractivity contribution is -0.136. The normalized spacial score (nSPS) is 15.8. The van der Waals surface area contributed by atoms with Crippen molar-refractivity contribution in [2.45, 2.75) is 0 Å². The zero-order valence-electron chi connectivity index (χ0n) is 9.85. The van der Waals surface area contributed by atoms with Crippen molar-refractivity contribution in [3.63, 3.8) is 0 Å². The quantitative estimate of drug-likeness (QED) is 0.795. The molecule has 1 aromatic carbocycles. The van der Waals surface area contributed by atoms with Crippen LogP contribution in [0.5, 0.6) is 0 Å². The summed E-state index contributed by atoms with van der Waals surface area (Å²) in [6.07, 6.45) is 1.93. The van der Waals surface area contributed by atoms with Crippen LogP contribution in [0.1, 0.15) is 5.56 Å². The van der Waals surface area contributed by atoms with Crippen LogP contribution in [0, 0.1) is 0 Å². The van der Waals surface area contributed by atoms with Gasteiger partial charge in [0, 0.05) is 12.3 Å². The Morgan fingerprint density at radius 3 is 2.44 bits per heavy atom. The highest BCUT2D eigenvalue weighted by atomic mass is 35.5. The first kappa shape index (κ1) is 13.2. The van der Waals surface area contributed by atoms with Gasteiger partial charge in [-0.25, -0.2) is 0 Å². The van der Waals surface area contributed by atoms with Crippen molar-refractivity contribution >= 4 is 40.8 Å². The fourth-order valence-corrected chi connectivity index (χ4v) is 2.44. The molecule has 3 nitrogen and oxygen atoms in total. The summed E-state index contributed by atoms with van der Waals surface area (Å²) in [5.41, 5.74) is 0.996. The largest absolute Gasteiger partial charge is 0.273 e. The number of hydrogen-bond donors (Lipinski definition) is 0. The zero-order valence-corrected chi connectivity index (χ0v) is 11.4. The number of thioether (sulfide) groups is 1. The van der Waals surface area contributed by atoms with Crippen LogP contribution in [0.3, 0.4) is 0 Å². The zero-order chi connectivity index (χ0) is 13.1. The predicted octanol–water partition coefficient (Wildman–Crippen LogP) is 2.37. The molecule has 2 amide bonds. The summed E-state index contributed by atoms with van der Waals surface area (Å²) in [6, 6.07) is 9.04. The molecule has 0 aliphatic carbocycles. The Morgan fingerprint density at radius 1 is 1.17 bits per heavy atom. The Morgan fingerprint density at radius 2 is 1.83 bits per heavy atom. The molecule has 18 heavy (non-hydrogen) atoms. The Labute approximate surface area is 115 Å². The third-order valence-electron chi connectivity index (χ3n) is 2.69. The minimum absolute atomic E-state index is 0.0207. The number of rotatable bonds is 4. The van der Waals surface area contributed by atoms with E-state index < -0.39 is 5.91 Å². The highest BCUT2D eigenvalue weighted by Crippen LogP contribution is 2.31. The van der Waals surface area contributed by atoms with Gasteiger partial charge in [-0.15, -0.1) is 0 Å². The average molecular weight is 282 g/mol. The first-order valence-electron chi connectivity index (χ1n) is 5.47. The number of halogens is 1. The van der Waals surface area contributed by atoms with Gasteiger partial charge in [-0.05, 0) is 11.8 Å². The highest BCUT2D eigenvalue weighted by Gasteiger charge is 2.37. The van der Waals surface area contributed by atoms with Crippen molar-refractivity contribution in [3.8, 4) is 0 Å². The third kappa shape index (κ3) is 2.31. The number of benzene rings is 1. The summed E-state index contributed by atoms with van der Waals surface area (Å²) in [5, 5.41) is 0.0207. The molecular formula is C13H12ClNO2S. The number of hydrogen-bond acceptors (Lipinski definition) is 3. The van der Waals surface area contributed by atoms with Gasteiger partial charge in [0.2, 0.25) is 0 Å². The number of carbonyl (C=O) groups excluding carboxylic acids is 2. The molecule has 5 heteroatoms. The highest BCUT2D eigenvalue weighted by molar-refractivity contribution is 7.98. The van der Waals surface area contributed by atoms with Crippen LogP contribution < -0.4 is 0 Å². The lowest BCUT2D eigenvalue weighted by atomic mass is 10.1. The van der Waals surface area contributed by atoms with E-state index in [9.17, 15) is 9.59 Å². The summed E-state index contributed by atoms with van der Waals surface area (Å²) in [7, 11) is 0. The summed E-state index contributed by atoms with van der Waals surface area (Å²) in [6.45, 7) is 0.394. The molecule has 0 N–H and O–H groups in total. The molecule has 0 aromatic heterocycles. The Kier molecular flexibility index (Phi) is 4.09. The maximum absolute atomic E-state index is 12.2. The van der Waals surface area contributed by atoms with E-state index in [1.807, 2.05) is 24.5 Å². The maximum atomic E-state index is 12.2. The molecule has 2 rings (SSSR count). The van der Waals surface area contributed by atoms with Crippen molar-refractivity contribution in [2.75, 3.05) is 18.6 Å². The molecule has 0 spiro atoms. The second-order valence-electron chi connectivity index (χ2n) is 3.81. The van der Waals surface area contributed by atoms with Gasteiger partial charge in [0.15, 0.2) is 0 Å². The Hall–Kier alpha value is -1.26. The molecule has 0 saturated heterocycles. The first-order chi connectivity index (χ1) is 8.66. The summed E-state index contributed by atoms with van der Waals surface area (Å²) in [5.74, 6) is 0.0174.